The highest BCUT2D eigenvalue weighted by molar-refractivity contribution is 5.79. The SMILES string of the molecule is CCC1(C(O)c2ccc3nc(C)ccc3c2)CCCC1. The van der Waals surface area contributed by atoms with Gasteiger partial charge in [-0.05, 0) is 49.9 Å². The average molecular weight is 269 g/mol. The molecule has 2 heteroatoms. The van der Waals surface area contributed by atoms with Crippen LogP contribution in [0, 0.1) is 12.3 Å². The normalized spacial score (nSPS) is 19.4. The van der Waals surface area contributed by atoms with Crippen LogP contribution in [0.1, 0.15) is 56.4 Å². The molecule has 0 bridgehead atoms. The first-order chi connectivity index (χ1) is 9.64. The lowest BCUT2D eigenvalue weighted by Gasteiger charge is -2.33. The molecule has 106 valence electrons. The van der Waals surface area contributed by atoms with Gasteiger partial charge in [0.25, 0.3) is 0 Å². The van der Waals surface area contributed by atoms with Crippen LogP contribution in [-0.2, 0) is 0 Å². The molecule has 0 amide bonds. The van der Waals surface area contributed by atoms with Crippen LogP contribution < -0.4 is 0 Å². The van der Waals surface area contributed by atoms with Crippen LogP contribution >= 0.6 is 0 Å². The highest BCUT2D eigenvalue weighted by Crippen LogP contribution is 2.50. The Morgan fingerprint density at radius 3 is 2.65 bits per heavy atom. The van der Waals surface area contributed by atoms with E-state index in [1.54, 1.807) is 0 Å². The molecule has 1 fully saturated rings. The lowest BCUT2D eigenvalue weighted by Crippen LogP contribution is -2.25. The second-order valence-electron chi connectivity index (χ2n) is 6.23. The number of fused-ring (bicyclic) bond motifs is 1. The van der Waals surface area contributed by atoms with Crippen molar-refractivity contribution in [2.45, 2.75) is 52.1 Å². The molecule has 0 saturated heterocycles. The van der Waals surface area contributed by atoms with Crippen molar-refractivity contribution in [2.75, 3.05) is 0 Å². The van der Waals surface area contributed by atoms with Crippen molar-refractivity contribution in [3.05, 3.63) is 41.6 Å². The van der Waals surface area contributed by atoms with E-state index in [1.807, 2.05) is 19.1 Å². The van der Waals surface area contributed by atoms with E-state index in [4.69, 9.17) is 0 Å². The number of pyridine rings is 1. The molecule has 1 N–H and O–H groups in total. The average Bonchev–Trinajstić information content (AvgIpc) is 2.96. The van der Waals surface area contributed by atoms with Gasteiger partial charge in [0.15, 0.2) is 0 Å². The fourth-order valence-electron chi connectivity index (χ4n) is 3.67. The Labute approximate surface area is 120 Å². The summed E-state index contributed by atoms with van der Waals surface area (Å²) in [5, 5.41) is 12.0. The van der Waals surface area contributed by atoms with Gasteiger partial charge in [-0.1, -0.05) is 31.9 Å². The maximum absolute atomic E-state index is 10.9. The number of nitrogens with zero attached hydrogens (tertiary/aromatic N) is 1. The van der Waals surface area contributed by atoms with Crippen molar-refractivity contribution >= 4 is 10.9 Å². The molecule has 0 aliphatic heterocycles. The zero-order valence-electron chi connectivity index (χ0n) is 12.4. The fraction of sp³-hybridized carbons (Fsp3) is 0.500. The summed E-state index contributed by atoms with van der Waals surface area (Å²) in [6, 6.07) is 10.3. The Balaban J connectivity index is 1.99. The van der Waals surface area contributed by atoms with Crippen LogP contribution in [0.25, 0.3) is 10.9 Å². The molecule has 1 aliphatic rings. The molecule has 2 aromatic rings. The summed E-state index contributed by atoms with van der Waals surface area (Å²) < 4.78 is 0. The van der Waals surface area contributed by atoms with Gasteiger partial charge in [-0.25, -0.2) is 0 Å². The quantitative estimate of drug-likeness (QED) is 0.887. The third-order valence-electron chi connectivity index (χ3n) is 5.05. The van der Waals surface area contributed by atoms with Crippen molar-refractivity contribution in [1.82, 2.24) is 4.98 Å². The minimum Gasteiger partial charge on any atom is -0.388 e. The summed E-state index contributed by atoms with van der Waals surface area (Å²) in [7, 11) is 0. The van der Waals surface area contributed by atoms with Crippen LogP contribution in [-0.4, -0.2) is 10.1 Å². The van der Waals surface area contributed by atoms with Crippen molar-refractivity contribution in [3.8, 4) is 0 Å². The zero-order valence-corrected chi connectivity index (χ0v) is 12.4. The van der Waals surface area contributed by atoms with E-state index < -0.39 is 0 Å². The van der Waals surface area contributed by atoms with Gasteiger partial charge in [0.1, 0.15) is 0 Å². The van der Waals surface area contributed by atoms with Gasteiger partial charge in [-0.2, -0.15) is 0 Å². The fourth-order valence-corrected chi connectivity index (χ4v) is 3.67. The number of aromatic nitrogens is 1. The van der Waals surface area contributed by atoms with E-state index in [0.717, 1.165) is 41.4 Å². The molecular weight excluding hydrogens is 246 g/mol. The third-order valence-corrected chi connectivity index (χ3v) is 5.05. The van der Waals surface area contributed by atoms with E-state index in [1.165, 1.54) is 12.8 Å². The van der Waals surface area contributed by atoms with E-state index in [9.17, 15) is 5.11 Å². The summed E-state index contributed by atoms with van der Waals surface area (Å²) in [4.78, 5) is 4.53. The molecule has 0 spiro atoms. The number of hydrogen-bond acceptors (Lipinski definition) is 2. The molecule has 0 radical (unpaired) electrons. The van der Waals surface area contributed by atoms with E-state index in [-0.39, 0.29) is 11.5 Å². The summed E-state index contributed by atoms with van der Waals surface area (Å²) in [5.41, 5.74) is 3.18. The van der Waals surface area contributed by atoms with Gasteiger partial charge >= 0.3 is 0 Å². The largest absolute Gasteiger partial charge is 0.388 e. The number of benzene rings is 1. The summed E-state index contributed by atoms with van der Waals surface area (Å²) >= 11 is 0. The van der Waals surface area contributed by atoms with Crippen molar-refractivity contribution in [2.24, 2.45) is 5.41 Å². The first kappa shape index (κ1) is 13.6. The molecule has 2 nitrogen and oxygen atoms in total. The van der Waals surface area contributed by atoms with Gasteiger partial charge < -0.3 is 5.11 Å². The highest BCUT2D eigenvalue weighted by atomic mass is 16.3. The third kappa shape index (κ3) is 2.22. The minimum atomic E-state index is -0.347. The maximum Gasteiger partial charge on any atom is 0.0846 e. The monoisotopic (exact) mass is 269 g/mol. The molecule has 1 aromatic carbocycles. The number of hydrogen-bond donors (Lipinski definition) is 1. The lowest BCUT2D eigenvalue weighted by molar-refractivity contribution is 0.0239. The van der Waals surface area contributed by atoms with E-state index in [2.05, 4.69) is 30.1 Å². The van der Waals surface area contributed by atoms with Gasteiger partial charge in [0.2, 0.25) is 0 Å². The smallest absolute Gasteiger partial charge is 0.0846 e. The molecule has 20 heavy (non-hydrogen) atoms. The van der Waals surface area contributed by atoms with Crippen LogP contribution in [0.15, 0.2) is 30.3 Å². The first-order valence-corrected chi connectivity index (χ1v) is 7.70. The zero-order chi connectivity index (χ0) is 14.2. The number of aryl methyl sites for hydroxylation is 1. The standard InChI is InChI=1S/C18H23NO/c1-3-18(10-4-5-11-18)17(20)15-8-9-16-14(12-15)7-6-13(2)19-16/h6-9,12,17,20H,3-5,10-11H2,1-2H3. The lowest BCUT2D eigenvalue weighted by atomic mass is 9.75. The Hall–Kier alpha value is -1.41. The van der Waals surface area contributed by atoms with Crippen LogP contribution in [0.3, 0.4) is 0 Å². The van der Waals surface area contributed by atoms with Crippen LogP contribution in [0.5, 0.6) is 0 Å². The molecule has 1 saturated carbocycles. The van der Waals surface area contributed by atoms with Gasteiger partial charge in [-0.3, -0.25) is 4.98 Å². The van der Waals surface area contributed by atoms with Crippen molar-refractivity contribution in [3.63, 3.8) is 0 Å². The maximum atomic E-state index is 10.9. The van der Waals surface area contributed by atoms with Crippen LogP contribution in [0.2, 0.25) is 0 Å². The Morgan fingerprint density at radius 1 is 1.20 bits per heavy atom. The van der Waals surface area contributed by atoms with E-state index >= 15 is 0 Å². The number of aliphatic hydroxyl groups is 1. The molecule has 1 heterocycles. The second kappa shape index (κ2) is 5.17. The number of aliphatic hydroxyl groups excluding tert-OH is 1. The predicted molar refractivity (Wildman–Crippen MR) is 82.6 cm³/mol. The summed E-state index contributed by atoms with van der Waals surface area (Å²) in [6.07, 6.45) is 5.50. The highest BCUT2D eigenvalue weighted by Gasteiger charge is 2.39. The predicted octanol–water partition coefficient (Wildman–Crippen LogP) is 4.55. The van der Waals surface area contributed by atoms with E-state index in [0.29, 0.717) is 0 Å². The second-order valence-corrected chi connectivity index (χ2v) is 6.23. The van der Waals surface area contributed by atoms with Gasteiger partial charge in [0, 0.05) is 16.5 Å². The molecular formula is C18H23NO. The minimum absolute atomic E-state index is 0.0891. The van der Waals surface area contributed by atoms with Crippen molar-refractivity contribution in [1.29, 1.82) is 0 Å². The molecule has 1 aromatic heterocycles. The first-order valence-electron chi connectivity index (χ1n) is 7.70. The Morgan fingerprint density at radius 2 is 1.95 bits per heavy atom. The van der Waals surface area contributed by atoms with Crippen LogP contribution in [0.4, 0.5) is 0 Å². The van der Waals surface area contributed by atoms with Crippen molar-refractivity contribution < 1.29 is 5.11 Å². The molecule has 1 unspecified atom stereocenters. The summed E-state index contributed by atoms with van der Waals surface area (Å²) in [5.74, 6) is 0. The molecule has 3 rings (SSSR count). The molecule has 1 aliphatic carbocycles. The van der Waals surface area contributed by atoms with Gasteiger partial charge in [0.05, 0.1) is 11.6 Å². The van der Waals surface area contributed by atoms with Gasteiger partial charge in [-0.15, -0.1) is 0 Å². The Bertz CT molecular complexity index is 614. The summed E-state index contributed by atoms with van der Waals surface area (Å²) in [6.45, 7) is 4.22. The molecule has 1 atom stereocenters. The number of rotatable bonds is 3. The topological polar surface area (TPSA) is 33.1 Å². The Kier molecular flexibility index (Phi) is 3.51.